The lowest BCUT2D eigenvalue weighted by Crippen LogP contribution is -2.39. The number of nitrogens with zero attached hydrogens (tertiary/aromatic N) is 3. The molecule has 5 nitrogen and oxygen atoms in total. The van der Waals surface area contributed by atoms with Gasteiger partial charge in [-0.15, -0.1) is 0 Å². The molecule has 1 aromatic heterocycles. The Hall–Kier alpha value is -0.940. The summed E-state index contributed by atoms with van der Waals surface area (Å²) < 4.78 is 7.01. The van der Waals surface area contributed by atoms with Crippen LogP contribution in [0.5, 0.6) is 0 Å². The zero-order chi connectivity index (χ0) is 11.8. The first-order valence-corrected chi connectivity index (χ1v) is 5.83. The number of rotatable bonds is 8. The molecule has 0 aliphatic heterocycles. The van der Waals surface area contributed by atoms with Gasteiger partial charge in [-0.2, -0.15) is 5.10 Å². The monoisotopic (exact) mass is 226 g/mol. The van der Waals surface area contributed by atoms with E-state index in [9.17, 15) is 0 Å². The lowest BCUT2D eigenvalue weighted by Gasteiger charge is -2.21. The highest BCUT2D eigenvalue weighted by molar-refractivity contribution is 4.70. The maximum Gasteiger partial charge on any atom is 0.137 e. The summed E-state index contributed by atoms with van der Waals surface area (Å²) >= 11 is 0. The smallest absolute Gasteiger partial charge is 0.137 e. The van der Waals surface area contributed by atoms with Crippen LogP contribution in [0.2, 0.25) is 0 Å². The van der Waals surface area contributed by atoms with E-state index in [1.165, 1.54) is 0 Å². The second-order valence-corrected chi connectivity index (χ2v) is 4.08. The molecule has 2 unspecified atom stereocenters. The third kappa shape index (κ3) is 4.72. The number of hydrogen-bond acceptors (Lipinski definition) is 4. The maximum absolute atomic E-state index is 5.16. The van der Waals surface area contributed by atoms with Crippen LogP contribution >= 0.6 is 0 Å². The van der Waals surface area contributed by atoms with Crippen LogP contribution in [0, 0.1) is 0 Å². The highest BCUT2D eigenvalue weighted by Gasteiger charge is 2.09. The second kappa shape index (κ2) is 7.35. The van der Waals surface area contributed by atoms with Crippen LogP contribution in [0.25, 0.3) is 0 Å². The molecule has 0 saturated heterocycles. The summed E-state index contributed by atoms with van der Waals surface area (Å²) in [7, 11) is 1.74. The van der Waals surface area contributed by atoms with E-state index in [0.717, 1.165) is 26.0 Å². The quantitative estimate of drug-likeness (QED) is 0.720. The Kier molecular flexibility index (Phi) is 6.03. The van der Waals surface area contributed by atoms with Gasteiger partial charge in [-0.1, -0.05) is 6.92 Å². The Morgan fingerprint density at radius 1 is 1.50 bits per heavy atom. The lowest BCUT2D eigenvalue weighted by atomic mass is 10.1. The van der Waals surface area contributed by atoms with Gasteiger partial charge in [0.15, 0.2) is 0 Å². The highest BCUT2D eigenvalue weighted by atomic mass is 16.5. The molecule has 0 fully saturated rings. The van der Waals surface area contributed by atoms with Gasteiger partial charge >= 0.3 is 0 Å². The summed E-state index contributed by atoms with van der Waals surface area (Å²) in [4.78, 5) is 3.92. The second-order valence-electron chi connectivity index (χ2n) is 4.08. The third-order valence-electron chi connectivity index (χ3n) is 2.64. The van der Waals surface area contributed by atoms with Gasteiger partial charge in [-0.25, -0.2) is 4.98 Å². The minimum atomic E-state index is 0.441. The van der Waals surface area contributed by atoms with Gasteiger partial charge in [-0.05, 0) is 19.8 Å². The summed E-state index contributed by atoms with van der Waals surface area (Å²) in [6.07, 6.45) is 5.45. The normalized spacial score (nSPS) is 14.9. The Bertz CT molecular complexity index is 263. The van der Waals surface area contributed by atoms with Crippen molar-refractivity contribution in [1.29, 1.82) is 0 Å². The molecular weight excluding hydrogens is 204 g/mol. The predicted molar refractivity (Wildman–Crippen MR) is 63.2 cm³/mol. The molecule has 0 bridgehead atoms. The van der Waals surface area contributed by atoms with Gasteiger partial charge < -0.3 is 10.1 Å². The number of aryl methyl sites for hydroxylation is 1. The molecule has 92 valence electrons. The van der Waals surface area contributed by atoms with Crippen LogP contribution in [-0.4, -0.2) is 40.6 Å². The molecule has 0 aromatic carbocycles. The van der Waals surface area contributed by atoms with Crippen LogP contribution < -0.4 is 5.32 Å². The fraction of sp³-hybridized carbons (Fsp3) is 0.818. The number of ether oxygens (including phenoxy) is 1. The Morgan fingerprint density at radius 2 is 2.31 bits per heavy atom. The standard InChI is InChI=1S/C11H22N4O/c1-4-11(7-16-3)14-10(2)5-6-15-9-12-8-13-15/h8-11,14H,4-7H2,1-3H3. The van der Waals surface area contributed by atoms with Crippen molar-refractivity contribution < 1.29 is 4.74 Å². The van der Waals surface area contributed by atoms with E-state index < -0.39 is 0 Å². The van der Waals surface area contributed by atoms with E-state index in [1.54, 1.807) is 19.8 Å². The minimum absolute atomic E-state index is 0.441. The molecule has 1 N–H and O–H groups in total. The number of hydrogen-bond donors (Lipinski definition) is 1. The summed E-state index contributed by atoms with van der Waals surface area (Å²) in [5.41, 5.74) is 0. The number of nitrogens with one attached hydrogen (secondary N) is 1. The molecular formula is C11H22N4O. The first-order chi connectivity index (χ1) is 7.76. The molecule has 0 radical (unpaired) electrons. The van der Waals surface area contributed by atoms with Crippen LogP contribution in [-0.2, 0) is 11.3 Å². The first kappa shape index (κ1) is 13.1. The molecule has 16 heavy (non-hydrogen) atoms. The first-order valence-electron chi connectivity index (χ1n) is 5.83. The van der Waals surface area contributed by atoms with Crippen molar-refractivity contribution in [1.82, 2.24) is 20.1 Å². The Morgan fingerprint density at radius 3 is 2.88 bits per heavy atom. The molecule has 5 heteroatoms. The SMILES string of the molecule is CCC(COC)NC(C)CCn1cncn1. The number of methoxy groups -OCH3 is 1. The Labute approximate surface area is 97.2 Å². The van der Waals surface area contributed by atoms with Crippen molar-refractivity contribution in [3.63, 3.8) is 0 Å². The van der Waals surface area contributed by atoms with Gasteiger partial charge in [0.05, 0.1) is 6.61 Å². The van der Waals surface area contributed by atoms with Crippen molar-refractivity contribution >= 4 is 0 Å². The van der Waals surface area contributed by atoms with Gasteiger partial charge in [0.25, 0.3) is 0 Å². The highest BCUT2D eigenvalue weighted by Crippen LogP contribution is 1.99. The lowest BCUT2D eigenvalue weighted by molar-refractivity contribution is 0.158. The van der Waals surface area contributed by atoms with Gasteiger partial charge in [0.1, 0.15) is 12.7 Å². The summed E-state index contributed by atoms with van der Waals surface area (Å²) in [6.45, 7) is 6.03. The predicted octanol–water partition coefficient (Wildman–Crippen LogP) is 1.07. The van der Waals surface area contributed by atoms with Crippen molar-refractivity contribution in [3.8, 4) is 0 Å². The van der Waals surface area contributed by atoms with Gasteiger partial charge in [-0.3, -0.25) is 4.68 Å². The van der Waals surface area contributed by atoms with Crippen LogP contribution in [0.1, 0.15) is 26.7 Å². The van der Waals surface area contributed by atoms with Crippen molar-refractivity contribution in [2.24, 2.45) is 0 Å². The fourth-order valence-electron chi connectivity index (χ4n) is 1.64. The van der Waals surface area contributed by atoms with Crippen LogP contribution in [0.3, 0.4) is 0 Å². The van der Waals surface area contributed by atoms with E-state index in [2.05, 4.69) is 29.2 Å². The average Bonchev–Trinajstić information content (AvgIpc) is 2.78. The molecule has 2 atom stereocenters. The van der Waals surface area contributed by atoms with Gasteiger partial charge in [0.2, 0.25) is 0 Å². The van der Waals surface area contributed by atoms with Gasteiger partial charge in [0, 0.05) is 25.7 Å². The molecule has 0 saturated carbocycles. The maximum atomic E-state index is 5.16. The van der Waals surface area contributed by atoms with E-state index >= 15 is 0 Å². The minimum Gasteiger partial charge on any atom is -0.383 e. The number of aromatic nitrogens is 3. The molecule has 0 amide bonds. The Balaban J connectivity index is 2.21. The molecule has 1 rings (SSSR count). The molecule has 0 aliphatic rings. The van der Waals surface area contributed by atoms with E-state index in [-0.39, 0.29) is 0 Å². The van der Waals surface area contributed by atoms with Crippen molar-refractivity contribution in [3.05, 3.63) is 12.7 Å². The van der Waals surface area contributed by atoms with Crippen LogP contribution in [0.4, 0.5) is 0 Å². The molecule has 1 aromatic rings. The molecule has 0 spiro atoms. The summed E-state index contributed by atoms with van der Waals surface area (Å²) in [5, 5.41) is 7.62. The molecule has 0 aliphatic carbocycles. The largest absolute Gasteiger partial charge is 0.383 e. The molecule has 1 heterocycles. The fourth-order valence-corrected chi connectivity index (χ4v) is 1.64. The van der Waals surface area contributed by atoms with E-state index in [0.29, 0.717) is 12.1 Å². The van der Waals surface area contributed by atoms with E-state index in [4.69, 9.17) is 4.74 Å². The van der Waals surface area contributed by atoms with Crippen LogP contribution in [0.15, 0.2) is 12.7 Å². The van der Waals surface area contributed by atoms with Crippen molar-refractivity contribution in [2.45, 2.75) is 45.3 Å². The van der Waals surface area contributed by atoms with Crippen molar-refractivity contribution in [2.75, 3.05) is 13.7 Å². The zero-order valence-electron chi connectivity index (χ0n) is 10.4. The topological polar surface area (TPSA) is 52.0 Å². The summed E-state index contributed by atoms with van der Waals surface area (Å²) in [5.74, 6) is 0. The average molecular weight is 226 g/mol. The zero-order valence-corrected chi connectivity index (χ0v) is 10.4. The summed E-state index contributed by atoms with van der Waals surface area (Å²) in [6, 6.07) is 0.903. The third-order valence-corrected chi connectivity index (χ3v) is 2.64. The van der Waals surface area contributed by atoms with E-state index in [1.807, 2.05) is 4.68 Å².